The van der Waals surface area contributed by atoms with Gasteiger partial charge in [0.15, 0.2) is 0 Å². The zero-order chi connectivity index (χ0) is 19.9. The summed E-state index contributed by atoms with van der Waals surface area (Å²) >= 11 is 3.34. The quantitative estimate of drug-likeness (QED) is 0.615. The van der Waals surface area contributed by atoms with E-state index in [2.05, 4.69) is 20.9 Å². The average molecular weight is 465 g/mol. The van der Waals surface area contributed by atoms with Crippen molar-refractivity contribution in [1.82, 2.24) is 9.29 Å². The van der Waals surface area contributed by atoms with Gasteiger partial charge >= 0.3 is 0 Å². The lowest BCUT2D eigenvalue weighted by Gasteiger charge is -2.26. The number of methoxy groups -OCH3 is 1. The standard InChI is InChI=1S/C20H18BrFN2O3S/c1-27-20-5-3-15(11-18(20)21)28(25,26)24-8-6-13(7-9-24)17-12-23-19-10-14(22)2-4-16(17)19/h2-6,10-12,23H,7-9H2,1H3. The number of H-pyrrole nitrogens is 1. The normalized spacial score (nSPS) is 15.6. The summed E-state index contributed by atoms with van der Waals surface area (Å²) < 4.78 is 46.5. The lowest BCUT2D eigenvalue weighted by Crippen LogP contribution is -2.34. The summed E-state index contributed by atoms with van der Waals surface area (Å²) in [5.74, 6) is 0.289. The van der Waals surface area contributed by atoms with Crippen molar-refractivity contribution < 1.29 is 17.5 Å². The third-order valence-electron chi connectivity index (χ3n) is 4.92. The fourth-order valence-corrected chi connectivity index (χ4v) is 5.53. The molecule has 1 aliphatic rings. The maximum absolute atomic E-state index is 13.4. The first kappa shape index (κ1) is 19.2. The number of sulfonamides is 1. The van der Waals surface area contributed by atoms with Crippen molar-refractivity contribution in [3.8, 4) is 5.75 Å². The SMILES string of the molecule is COc1ccc(S(=O)(=O)N2CC=C(c3c[nH]c4cc(F)ccc34)CC2)cc1Br. The van der Waals surface area contributed by atoms with Crippen LogP contribution in [0.4, 0.5) is 4.39 Å². The molecule has 28 heavy (non-hydrogen) atoms. The number of ether oxygens (including phenoxy) is 1. The molecule has 0 saturated carbocycles. The molecule has 1 aliphatic heterocycles. The minimum atomic E-state index is -3.60. The number of fused-ring (bicyclic) bond motifs is 1. The fourth-order valence-electron chi connectivity index (χ4n) is 3.43. The maximum Gasteiger partial charge on any atom is 0.243 e. The van der Waals surface area contributed by atoms with E-state index in [9.17, 15) is 12.8 Å². The second-order valence-electron chi connectivity index (χ2n) is 6.53. The van der Waals surface area contributed by atoms with Gasteiger partial charge in [0.05, 0.1) is 16.5 Å². The topological polar surface area (TPSA) is 62.4 Å². The number of rotatable bonds is 4. The molecule has 0 saturated heterocycles. The van der Waals surface area contributed by atoms with Crippen LogP contribution in [0, 0.1) is 5.82 Å². The first-order valence-corrected chi connectivity index (χ1v) is 10.9. The summed E-state index contributed by atoms with van der Waals surface area (Å²) in [6.45, 7) is 0.668. The summed E-state index contributed by atoms with van der Waals surface area (Å²) in [4.78, 5) is 3.30. The van der Waals surface area contributed by atoms with Crippen LogP contribution in [-0.4, -0.2) is 37.9 Å². The number of hydrogen-bond donors (Lipinski definition) is 1. The van der Waals surface area contributed by atoms with Crippen molar-refractivity contribution in [3.63, 3.8) is 0 Å². The predicted molar refractivity (Wildman–Crippen MR) is 110 cm³/mol. The number of nitrogens with one attached hydrogen (secondary N) is 1. The van der Waals surface area contributed by atoms with Crippen LogP contribution in [0.15, 0.2) is 58.0 Å². The predicted octanol–water partition coefficient (Wildman–Crippen LogP) is 4.56. The van der Waals surface area contributed by atoms with Crippen LogP contribution in [0.1, 0.15) is 12.0 Å². The number of aromatic amines is 1. The first-order valence-electron chi connectivity index (χ1n) is 8.70. The van der Waals surface area contributed by atoms with Crippen LogP contribution in [-0.2, 0) is 10.0 Å². The summed E-state index contributed by atoms with van der Waals surface area (Å²) in [5.41, 5.74) is 2.77. The van der Waals surface area contributed by atoms with Crippen molar-refractivity contribution in [2.75, 3.05) is 20.2 Å². The molecule has 1 aromatic heterocycles. The molecule has 2 aromatic carbocycles. The highest BCUT2D eigenvalue weighted by Crippen LogP contribution is 2.33. The third-order valence-corrected chi connectivity index (χ3v) is 7.40. The summed E-state index contributed by atoms with van der Waals surface area (Å²) in [7, 11) is -2.07. The van der Waals surface area contributed by atoms with Crippen LogP contribution in [0.5, 0.6) is 5.75 Å². The molecule has 0 amide bonds. The van der Waals surface area contributed by atoms with Crippen molar-refractivity contribution in [3.05, 3.63) is 64.5 Å². The molecule has 0 unspecified atom stereocenters. The van der Waals surface area contributed by atoms with E-state index in [1.807, 2.05) is 12.3 Å². The second kappa shape index (κ2) is 7.35. The summed E-state index contributed by atoms with van der Waals surface area (Å²) in [6, 6.07) is 9.37. The van der Waals surface area contributed by atoms with Gasteiger partial charge in [-0.3, -0.25) is 0 Å². The maximum atomic E-state index is 13.4. The molecule has 0 fully saturated rings. The largest absolute Gasteiger partial charge is 0.496 e. The second-order valence-corrected chi connectivity index (χ2v) is 9.32. The summed E-state index contributed by atoms with van der Waals surface area (Å²) in [6.07, 6.45) is 4.35. The van der Waals surface area contributed by atoms with Gasteiger partial charge in [-0.1, -0.05) is 6.08 Å². The van der Waals surface area contributed by atoms with E-state index < -0.39 is 10.0 Å². The van der Waals surface area contributed by atoms with E-state index in [0.29, 0.717) is 23.2 Å². The fraction of sp³-hybridized carbons (Fsp3) is 0.200. The zero-order valence-corrected chi connectivity index (χ0v) is 17.5. The minimum absolute atomic E-state index is 0.222. The highest BCUT2D eigenvalue weighted by molar-refractivity contribution is 9.10. The van der Waals surface area contributed by atoms with Gasteiger partial charge in [0.25, 0.3) is 0 Å². The van der Waals surface area contributed by atoms with Gasteiger partial charge in [-0.25, -0.2) is 12.8 Å². The minimum Gasteiger partial charge on any atom is -0.496 e. The van der Waals surface area contributed by atoms with Crippen molar-refractivity contribution >= 4 is 42.4 Å². The molecule has 2 heterocycles. The van der Waals surface area contributed by atoms with Crippen molar-refractivity contribution in [2.45, 2.75) is 11.3 Å². The Morgan fingerprint density at radius 2 is 2.04 bits per heavy atom. The Morgan fingerprint density at radius 3 is 2.71 bits per heavy atom. The highest BCUT2D eigenvalue weighted by atomic mass is 79.9. The molecule has 4 rings (SSSR count). The molecule has 3 aromatic rings. The van der Waals surface area contributed by atoms with Gasteiger partial charge in [-0.05, 0) is 64.3 Å². The Bertz CT molecular complexity index is 1190. The van der Waals surface area contributed by atoms with Crippen LogP contribution in [0.2, 0.25) is 0 Å². The number of halogens is 2. The number of aromatic nitrogens is 1. The molecule has 0 spiro atoms. The molecule has 0 bridgehead atoms. The number of hydrogen-bond acceptors (Lipinski definition) is 3. The van der Waals surface area contributed by atoms with Gasteiger partial charge in [0.1, 0.15) is 11.6 Å². The van der Waals surface area contributed by atoms with Crippen LogP contribution in [0.3, 0.4) is 0 Å². The van der Waals surface area contributed by atoms with Crippen molar-refractivity contribution in [1.29, 1.82) is 0 Å². The lowest BCUT2D eigenvalue weighted by atomic mass is 10.00. The van der Waals surface area contributed by atoms with Crippen LogP contribution < -0.4 is 4.74 Å². The van der Waals surface area contributed by atoms with Gasteiger partial charge in [0, 0.05) is 35.8 Å². The Morgan fingerprint density at radius 1 is 1.21 bits per heavy atom. The molecule has 8 heteroatoms. The van der Waals surface area contributed by atoms with E-state index in [1.165, 1.54) is 23.5 Å². The monoisotopic (exact) mass is 464 g/mol. The Kier molecular flexibility index (Phi) is 5.03. The van der Waals surface area contributed by atoms with E-state index in [0.717, 1.165) is 22.0 Å². The molecule has 0 atom stereocenters. The molecule has 0 radical (unpaired) electrons. The van der Waals surface area contributed by atoms with Gasteiger partial charge in [-0.2, -0.15) is 4.31 Å². The molecular formula is C20H18BrFN2O3S. The van der Waals surface area contributed by atoms with Gasteiger partial charge < -0.3 is 9.72 Å². The number of benzene rings is 2. The van der Waals surface area contributed by atoms with Gasteiger partial charge in [-0.15, -0.1) is 0 Å². The van der Waals surface area contributed by atoms with Crippen LogP contribution >= 0.6 is 15.9 Å². The first-order chi connectivity index (χ1) is 13.4. The molecular weight excluding hydrogens is 447 g/mol. The molecule has 146 valence electrons. The van der Waals surface area contributed by atoms with Gasteiger partial charge in [0.2, 0.25) is 10.0 Å². The Labute approximate surface area is 171 Å². The zero-order valence-electron chi connectivity index (χ0n) is 15.1. The van der Waals surface area contributed by atoms with E-state index >= 15 is 0 Å². The molecule has 1 N–H and O–H groups in total. The number of nitrogens with zero attached hydrogens (tertiary/aromatic N) is 1. The van der Waals surface area contributed by atoms with Crippen LogP contribution in [0.25, 0.3) is 16.5 Å². The van der Waals surface area contributed by atoms with E-state index in [1.54, 1.807) is 24.3 Å². The Balaban J connectivity index is 1.60. The summed E-state index contributed by atoms with van der Waals surface area (Å²) in [5, 5.41) is 0.933. The van der Waals surface area contributed by atoms with Crippen molar-refractivity contribution in [2.24, 2.45) is 0 Å². The van der Waals surface area contributed by atoms with E-state index in [4.69, 9.17) is 4.74 Å². The third kappa shape index (κ3) is 3.36. The highest BCUT2D eigenvalue weighted by Gasteiger charge is 2.27. The average Bonchev–Trinajstić information content (AvgIpc) is 3.11. The molecule has 5 nitrogen and oxygen atoms in total. The smallest absolute Gasteiger partial charge is 0.243 e. The lowest BCUT2D eigenvalue weighted by molar-refractivity contribution is 0.411. The van der Waals surface area contributed by atoms with E-state index in [-0.39, 0.29) is 17.3 Å². The Hall–Kier alpha value is -2.16. The molecule has 0 aliphatic carbocycles.